The zero-order chi connectivity index (χ0) is 13.8. The Hall–Kier alpha value is -1.33. The van der Waals surface area contributed by atoms with E-state index in [1.165, 1.54) is 17.5 Å². The molecule has 1 aliphatic rings. The molecule has 4 nitrogen and oxygen atoms in total. The minimum absolute atomic E-state index is 0.0392. The lowest BCUT2D eigenvalue weighted by Gasteiger charge is -2.23. The van der Waals surface area contributed by atoms with Crippen LogP contribution in [0.2, 0.25) is 0 Å². The first-order valence-corrected chi connectivity index (χ1v) is 8.25. The highest BCUT2D eigenvalue weighted by atomic mass is 32.2. The molecule has 2 heterocycles. The van der Waals surface area contributed by atoms with E-state index in [9.17, 15) is 0 Å². The lowest BCUT2D eigenvalue weighted by atomic mass is 9.94. The number of fused-ring (bicyclic) bond motifs is 1. The number of rotatable bonds is 5. The van der Waals surface area contributed by atoms with Gasteiger partial charge in [-0.1, -0.05) is 36.3 Å². The third kappa shape index (κ3) is 2.88. The number of benzene rings is 1. The van der Waals surface area contributed by atoms with Gasteiger partial charge in [-0.15, -0.1) is 0 Å². The second-order valence-corrected chi connectivity index (χ2v) is 6.04. The first-order valence-electron chi connectivity index (χ1n) is 7.10. The van der Waals surface area contributed by atoms with Crippen molar-refractivity contribution in [3.05, 3.63) is 47.1 Å². The van der Waals surface area contributed by atoms with Crippen molar-refractivity contribution in [3.63, 3.8) is 0 Å². The second kappa shape index (κ2) is 6.41. The molecule has 1 atom stereocenters. The highest BCUT2D eigenvalue weighted by Crippen LogP contribution is 2.27. The van der Waals surface area contributed by atoms with E-state index < -0.39 is 0 Å². The van der Waals surface area contributed by atoms with Gasteiger partial charge >= 0.3 is 0 Å². The number of nitrogens with one attached hydrogen (secondary N) is 1. The van der Waals surface area contributed by atoms with Crippen LogP contribution < -0.4 is 5.32 Å². The lowest BCUT2D eigenvalue weighted by Crippen LogP contribution is -2.30. The molecule has 106 valence electrons. The molecule has 0 spiro atoms. The van der Waals surface area contributed by atoms with Crippen LogP contribution in [0, 0.1) is 0 Å². The van der Waals surface area contributed by atoms with Crippen molar-refractivity contribution in [1.29, 1.82) is 0 Å². The summed E-state index contributed by atoms with van der Waals surface area (Å²) in [7, 11) is 0. The van der Waals surface area contributed by atoms with Crippen LogP contribution in [0.1, 0.15) is 42.2 Å². The van der Waals surface area contributed by atoms with Crippen LogP contribution in [0.5, 0.6) is 0 Å². The van der Waals surface area contributed by atoms with E-state index >= 15 is 0 Å². The maximum absolute atomic E-state index is 5.45. The summed E-state index contributed by atoms with van der Waals surface area (Å²) in [6.07, 6.45) is 2.23. The van der Waals surface area contributed by atoms with Crippen LogP contribution in [0.15, 0.2) is 28.8 Å². The molecule has 0 amide bonds. The average Bonchev–Trinajstić information content (AvgIpc) is 2.96. The summed E-state index contributed by atoms with van der Waals surface area (Å²) in [5, 5.41) is 7.56. The molecule has 3 rings (SSSR count). The van der Waals surface area contributed by atoms with E-state index in [4.69, 9.17) is 4.52 Å². The van der Waals surface area contributed by atoms with Gasteiger partial charge in [0.1, 0.15) is 6.04 Å². The van der Waals surface area contributed by atoms with Gasteiger partial charge in [-0.05, 0) is 29.7 Å². The number of hydrogen-bond donors (Lipinski definition) is 1. The van der Waals surface area contributed by atoms with E-state index in [-0.39, 0.29) is 6.04 Å². The maximum atomic E-state index is 5.45. The molecular weight excluding hydrogens is 270 g/mol. The zero-order valence-electron chi connectivity index (χ0n) is 11.6. The van der Waals surface area contributed by atoms with E-state index in [2.05, 4.69) is 46.6 Å². The quantitative estimate of drug-likeness (QED) is 0.858. The molecule has 20 heavy (non-hydrogen) atoms. The molecule has 1 aromatic carbocycles. The van der Waals surface area contributed by atoms with Gasteiger partial charge in [0.2, 0.25) is 5.89 Å². The summed E-state index contributed by atoms with van der Waals surface area (Å²) in [5.41, 5.74) is 2.63. The van der Waals surface area contributed by atoms with E-state index in [1.807, 2.05) is 11.8 Å². The molecular formula is C15H19N3OS. The van der Waals surface area contributed by atoms with E-state index in [0.29, 0.717) is 5.89 Å². The van der Waals surface area contributed by atoms with Crippen LogP contribution in [0.4, 0.5) is 0 Å². The van der Waals surface area contributed by atoms with Crippen molar-refractivity contribution in [1.82, 2.24) is 15.5 Å². The second-order valence-electron chi connectivity index (χ2n) is 4.94. The minimum atomic E-state index is 0.0392. The normalized spacial score (nSPS) is 17.9. The van der Waals surface area contributed by atoms with Crippen LogP contribution >= 0.6 is 11.8 Å². The van der Waals surface area contributed by atoms with Gasteiger partial charge in [0.25, 0.3) is 0 Å². The molecule has 1 N–H and O–H groups in total. The Morgan fingerprint density at radius 3 is 3.20 bits per heavy atom. The number of thioether (sulfide) groups is 1. The molecule has 1 unspecified atom stereocenters. The SMILES string of the molecule is CCCSCc1noc(C2NCCc3ccccc32)n1. The van der Waals surface area contributed by atoms with Gasteiger partial charge in [0.05, 0.1) is 5.75 Å². The van der Waals surface area contributed by atoms with Crippen molar-refractivity contribution >= 4 is 11.8 Å². The Morgan fingerprint density at radius 2 is 2.30 bits per heavy atom. The molecule has 1 aliphatic heterocycles. The summed E-state index contributed by atoms with van der Waals surface area (Å²) < 4.78 is 5.45. The molecule has 5 heteroatoms. The molecule has 0 radical (unpaired) electrons. The van der Waals surface area contributed by atoms with Gasteiger partial charge in [-0.25, -0.2) is 0 Å². The predicted octanol–water partition coefficient (Wildman–Crippen LogP) is 2.95. The molecule has 0 fully saturated rings. The summed E-state index contributed by atoms with van der Waals surface area (Å²) in [5.74, 6) is 3.44. The van der Waals surface area contributed by atoms with Gasteiger partial charge in [0, 0.05) is 6.54 Å². The van der Waals surface area contributed by atoms with Crippen LogP contribution in [-0.2, 0) is 12.2 Å². The largest absolute Gasteiger partial charge is 0.337 e. The Kier molecular flexibility index (Phi) is 4.38. The Bertz CT molecular complexity index is 570. The monoisotopic (exact) mass is 289 g/mol. The first kappa shape index (κ1) is 13.6. The van der Waals surface area contributed by atoms with E-state index in [1.54, 1.807) is 0 Å². The third-order valence-corrected chi connectivity index (χ3v) is 4.58. The Morgan fingerprint density at radius 1 is 1.40 bits per heavy atom. The minimum Gasteiger partial charge on any atom is -0.337 e. The molecule has 0 bridgehead atoms. The van der Waals surface area contributed by atoms with Crippen LogP contribution in [-0.4, -0.2) is 22.4 Å². The third-order valence-electron chi connectivity index (χ3n) is 3.42. The summed E-state index contributed by atoms with van der Waals surface area (Å²) in [4.78, 5) is 4.54. The van der Waals surface area contributed by atoms with Crippen LogP contribution in [0.3, 0.4) is 0 Å². The van der Waals surface area contributed by atoms with Gasteiger partial charge in [-0.2, -0.15) is 16.7 Å². The highest BCUT2D eigenvalue weighted by Gasteiger charge is 2.25. The highest BCUT2D eigenvalue weighted by molar-refractivity contribution is 7.98. The van der Waals surface area contributed by atoms with Gasteiger partial charge in [0.15, 0.2) is 5.82 Å². The molecule has 0 saturated heterocycles. The van der Waals surface area contributed by atoms with Crippen molar-refractivity contribution in [2.24, 2.45) is 0 Å². The van der Waals surface area contributed by atoms with Crippen molar-refractivity contribution in [2.75, 3.05) is 12.3 Å². The van der Waals surface area contributed by atoms with Crippen molar-refractivity contribution < 1.29 is 4.52 Å². The van der Waals surface area contributed by atoms with Gasteiger partial charge in [-0.3, -0.25) is 0 Å². The molecule has 0 saturated carbocycles. The van der Waals surface area contributed by atoms with Gasteiger partial charge < -0.3 is 9.84 Å². The Balaban J connectivity index is 1.77. The predicted molar refractivity (Wildman–Crippen MR) is 80.7 cm³/mol. The van der Waals surface area contributed by atoms with Crippen molar-refractivity contribution in [3.8, 4) is 0 Å². The first-order chi connectivity index (χ1) is 9.88. The van der Waals surface area contributed by atoms with Crippen molar-refractivity contribution in [2.45, 2.75) is 31.6 Å². The fourth-order valence-corrected chi connectivity index (χ4v) is 3.21. The number of aromatic nitrogens is 2. The standard InChI is InChI=1S/C15H19N3OS/c1-2-9-20-10-13-17-15(19-18-13)14-12-6-4-3-5-11(12)7-8-16-14/h3-6,14,16H,2,7-10H2,1H3. The molecule has 2 aromatic rings. The Labute approximate surface area is 123 Å². The number of nitrogens with zero attached hydrogens (tertiary/aromatic N) is 2. The summed E-state index contributed by atoms with van der Waals surface area (Å²) in [6, 6.07) is 8.51. The fraction of sp³-hybridized carbons (Fsp3) is 0.467. The van der Waals surface area contributed by atoms with E-state index in [0.717, 1.165) is 30.3 Å². The van der Waals surface area contributed by atoms with Crippen LogP contribution in [0.25, 0.3) is 0 Å². The number of hydrogen-bond acceptors (Lipinski definition) is 5. The lowest BCUT2D eigenvalue weighted by molar-refractivity contribution is 0.341. The molecule has 0 aliphatic carbocycles. The summed E-state index contributed by atoms with van der Waals surface area (Å²) >= 11 is 1.85. The topological polar surface area (TPSA) is 51.0 Å². The smallest absolute Gasteiger partial charge is 0.248 e. The zero-order valence-corrected chi connectivity index (χ0v) is 12.4. The maximum Gasteiger partial charge on any atom is 0.248 e. The fourth-order valence-electron chi connectivity index (χ4n) is 2.48. The summed E-state index contributed by atoms with van der Waals surface area (Å²) in [6.45, 7) is 3.13. The molecule has 1 aromatic heterocycles. The average molecular weight is 289 g/mol.